The molecule has 0 N–H and O–H groups in total. The molecule has 0 spiro atoms. The zero-order valence-electron chi connectivity index (χ0n) is 10.4. The Labute approximate surface area is 116 Å². The lowest BCUT2D eigenvalue weighted by atomic mass is 10.1. The number of hydrogen-bond acceptors (Lipinski definition) is 4. The summed E-state index contributed by atoms with van der Waals surface area (Å²) in [4.78, 5) is 13.5. The molecule has 5 heteroatoms. The second-order valence-corrected chi connectivity index (χ2v) is 6.09. The predicted octanol–water partition coefficient (Wildman–Crippen LogP) is 2.49. The lowest BCUT2D eigenvalue weighted by Gasteiger charge is -2.15. The van der Waals surface area contributed by atoms with E-state index in [9.17, 15) is 4.79 Å². The van der Waals surface area contributed by atoms with Gasteiger partial charge in [-0.3, -0.25) is 9.69 Å². The van der Waals surface area contributed by atoms with Gasteiger partial charge in [0.05, 0.1) is 12.4 Å². The van der Waals surface area contributed by atoms with Gasteiger partial charge in [-0.2, -0.15) is 0 Å². The second-order valence-electron chi connectivity index (χ2n) is 4.11. The van der Waals surface area contributed by atoms with Crippen molar-refractivity contribution in [2.45, 2.75) is 18.6 Å². The topological polar surface area (TPSA) is 29.5 Å². The molecule has 96 valence electrons. The summed E-state index contributed by atoms with van der Waals surface area (Å²) >= 11 is 6.66. The minimum atomic E-state index is -0.0339. The van der Waals surface area contributed by atoms with Crippen molar-refractivity contribution in [3.05, 3.63) is 29.8 Å². The van der Waals surface area contributed by atoms with Crippen LogP contribution in [0.3, 0.4) is 0 Å². The first-order valence-electron chi connectivity index (χ1n) is 5.76. The lowest BCUT2D eigenvalue weighted by molar-refractivity contribution is -0.125. The van der Waals surface area contributed by atoms with E-state index in [0.717, 1.165) is 12.2 Å². The average Bonchev–Trinajstić information content (AvgIpc) is 2.62. The molecule has 1 heterocycles. The van der Waals surface area contributed by atoms with Crippen molar-refractivity contribution in [3.63, 3.8) is 0 Å². The fourth-order valence-corrected chi connectivity index (χ4v) is 3.26. The molecule has 18 heavy (non-hydrogen) atoms. The molecule has 1 saturated heterocycles. The molecule has 0 saturated carbocycles. The molecule has 1 aliphatic heterocycles. The summed E-state index contributed by atoms with van der Waals surface area (Å²) in [6, 6.07) is 7.88. The molecule has 0 bridgehead atoms. The summed E-state index contributed by atoms with van der Waals surface area (Å²) in [7, 11) is 1.65. The van der Waals surface area contributed by atoms with Gasteiger partial charge in [0.25, 0.3) is 0 Å². The van der Waals surface area contributed by atoms with Gasteiger partial charge < -0.3 is 4.74 Å². The van der Waals surface area contributed by atoms with Crippen LogP contribution in [0.1, 0.15) is 12.5 Å². The Kier molecular flexibility index (Phi) is 4.24. The maximum Gasteiger partial charge on any atom is 0.241 e. The van der Waals surface area contributed by atoms with E-state index in [-0.39, 0.29) is 11.2 Å². The van der Waals surface area contributed by atoms with Crippen LogP contribution in [0.2, 0.25) is 0 Å². The van der Waals surface area contributed by atoms with Gasteiger partial charge in [-0.25, -0.2) is 0 Å². The van der Waals surface area contributed by atoms with Crippen LogP contribution in [-0.2, 0) is 11.2 Å². The molecule has 0 aromatic heterocycles. The van der Waals surface area contributed by atoms with Crippen molar-refractivity contribution in [1.82, 2.24) is 4.90 Å². The minimum Gasteiger partial charge on any atom is -0.497 e. The number of ether oxygens (including phenoxy) is 1. The average molecular weight is 281 g/mol. The van der Waals surface area contributed by atoms with E-state index in [4.69, 9.17) is 17.0 Å². The molecule has 0 aliphatic carbocycles. The Morgan fingerprint density at radius 3 is 2.56 bits per heavy atom. The summed E-state index contributed by atoms with van der Waals surface area (Å²) in [6.07, 6.45) is 0.809. The zero-order valence-corrected chi connectivity index (χ0v) is 12.0. The van der Waals surface area contributed by atoms with Gasteiger partial charge >= 0.3 is 0 Å². The molecule has 1 aliphatic rings. The monoisotopic (exact) mass is 281 g/mol. The van der Waals surface area contributed by atoms with Gasteiger partial charge in [0.2, 0.25) is 5.91 Å². The van der Waals surface area contributed by atoms with Crippen LogP contribution in [0, 0.1) is 0 Å². The van der Waals surface area contributed by atoms with Gasteiger partial charge in [0.15, 0.2) is 0 Å². The van der Waals surface area contributed by atoms with Crippen molar-refractivity contribution in [1.29, 1.82) is 0 Å². The van der Waals surface area contributed by atoms with Crippen molar-refractivity contribution >= 4 is 34.2 Å². The Morgan fingerprint density at radius 1 is 1.39 bits per heavy atom. The molecule has 1 aromatic rings. The summed E-state index contributed by atoms with van der Waals surface area (Å²) in [5, 5.41) is -0.0339. The highest BCUT2D eigenvalue weighted by Crippen LogP contribution is 2.26. The maximum absolute atomic E-state index is 11.8. The number of methoxy groups -OCH3 is 1. The number of benzene rings is 1. The number of carbonyl (C=O) groups is 1. The van der Waals surface area contributed by atoms with E-state index in [2.05, 4.69) is 0 Å². The zero-order chi connectivity index (χ0) is 13.1. The second kappa shape index (κ2) is 5.71. The highest BCUT2D eigenvalue weighted by Gasteiger charge is 2.32. The van der Waals surface area contributed by atoms with E-state index in [1.807, 2.05) is 31.2 Å². The highest BCUT2D eigenvalue weighted by atomic mass is 32.2. The summed E-state index contributed by atoms with van der Waals surface area (Å²) in [5.74, 6) is 0.967. The number of carbonyl (C=O) groups excluding carboxylic acids is 1. The normalized spacial score (nSPS) is 19.4. The fourth-order valence-electron chi connectivity index (χ4n) is 1.81. The summed E-state index contributed by atoms with van der Waals surface area (Å²) in [6.45, 7) is 2.55. The van der Waals surface area contributed by atoms with Crippen molar-refractivity contribution in [2.24, 2.45) is 0 Å². The lowest BCUT2D eigenvalue weighted by Crippen LogP contribution is -2.32. The van der Waals surface area contributed by atoms with E-state index >= 15 is 0 Å². The van der Waals surface area contributed by atoms with Crippen LogP contribution in [0.5, 0.6) is 5.75 Å². The third-order valence-electron chi connectivity index (χ3n) is 2.89. The molecule has 0 radical (unpaired) electrons. The Balaban J connectivity index is 1.95. The van der Waals surface area contributed by atoms with Crippen molar-refractivity contribution in [3.8, 4) is 5.75 Å². The maximum atomic E-state index is 11.8. The van der Waals surface area contributed by atoms with Gasteiger partial charge in [-0.05, 0) is 31.0 Å². The summed E-state index contributed by atoms with van der Waals surface area (Å²) in [5.41, 5.74) is 1.18. The molecule has 1 atom stereocenters. The highest BCUT2D eigenvalue weighted by molar-refractivity contribution is 8.24. The smallest absolute Gasteiger partial charge is 0.241 e. The summed E-state index contributed by atoms with van der Waals surface area (Å²) < 4.78 is 5.80. The SMILES string of the molecule is COc1ccc(CCN2C(=O)C(C)SC2=S)cc1. The molecule has 1 amide bonds. The van der Waals surface area contributed by atoms with Crippen LogP contribution < -0.4 is 4.74 Å². The number of nitrogens with zero attached hydrogens (tertiary/aromatic N) is 1. The predicted molar refractivity (Wildman–Crippen MR) is 78.1 cm³/mol. The standard InChI is InChI=1S/C13H15NO2S2/c1-9-12(15)14(13(17)18-9)8-7-10-3-5-11(16-2)6-4-10/h3-6,9H,7-8H2,1-2H3. The first-order chi connectivity index (χ1) is 8.61. The van der Waals surface area contributed by atoms with E-state index < -0.39 is 0 Å². The first kappa shape index (κ1) is 13.4. The Morgan fingerprint density at radius 2 is 2.06 bits per heavy atom. The number of rotatable bonds is 4. The Bertz CT molecular complexity index is 459. The largest absolute Gasteiger partial charge is 0.497 e. The van der Waals surface area contributed by atoms with E-state index in [1.165, 1.54) is 17.3 Å². The third kappa shape index (κ3) is 2.84. The van der Waals surface area contributed by atoms with Gasteiger partial charge in [-0.1, -0.05) is 36.1 Å². The van der Waals surface area contributed by atoms with Gasteiger partial charge in [0, 0.05) is 6.54 Å². The van der Waals surface area contributed by atoms with Crippen LogP contribution >= 0.6 is 24.0 Å². The third-order valence-corrected chi connectivity index (χ3v) is 4.38. The molecular formula is C13H15NO2S2. The fraction of sp³-hybridized carbons (Fsp3) is 0.385. The van der Waals surface area contributed by atoms with Crippen molar-refractivity contribution in [2.75, 3.05) is 13.7 Å². The number of thioether (sulfide) groups is 1. The van der Waals surface area contributed by atoms with E-state index in [0.29, 0.717) is 10.9 Å². The molecule has 3 nitrogen and oxygen atoms in total. The molecule has 1 aromatic carbocycles. The van der Waals surface area contributed by atoms with E-state index in [1.54, 1.807) is 12.0 Å². The first-order valence-corrected chi connectivity index (χ1v) is 7.05. The number of thiocarbonyl (C=S) groups is 1. The number of hydrogen-bond donors (Lipinski definition) is 0. The number of amides is 1. The van der Waals surface area contributed by atoms with Crippen LogP contribution in [0.4, 0.5) is 0 Å². The minimum absolute atomic E-state index is 0.0339. The molecule has 1 unspecified atom stereocenters. The van der Waals surface area contributed by atoms with Gasteiger partial charge in [-0.15, -0.1) is 0 Å². The van der Waals surface area contributed by atoms with Crippen LogP contribution in [-0.4, -0.2) is 34.0 Å². The van der Waals surface area contributed by atoms with Gasteiger partial charge in [0.1, 0.15) is 10.1 Å². The molecular weight excluding hydrogens is 266 g/mol. The molecule has 1 fully saturated rings. The Hall–Kier alpha value is -1.07. The quantitative estimate of drug-likeness (QED) is 0.793. The van der Waals surface area contributed by atoms with Crippen molar-refractivity contribution < 1.29 is 9.53 Å². The molecule has 2 rings (SSSR count). The van der Waals surface area contributed by atoms with Crippen LogP contribution in [0.25, 0.3) is 0 Å². The van der Waals surface area contributed by atoms with Crippen LogP contribution in [0.15, 0.2) is 24.3 Å².